The molecule has 0 atom stereocenters. The Bertz CT molecular complexity index is 1480. The topological polar surface area (TPSA) is 160 Å². The van der Waals surface area contributed by atoms with Crippen molar-refractivity contribution in [2.75, 3.05) is 24.1 Å². The zero-order valence-corrected chi connectivity index (χ0v) is 23.0. The molecular formula is C24H22ClIN8O2S. The lowest BCUT2D eigenvalue weighted by molar-refractivity contribution is 0.0954. The van der Waals surface area contributed by atoms with Crippen molar-refractivity contribution in [3.8, 4) is 0 Å². The highest BCUT2D eigenvalue weighted by Crippen LogP contribution is 2.25. The molecule has 0 unspecified atom stereocenters. The number of anilines is 2. The van der Waals surface area contributed by atoms with Crippen LogP contribution in [0.3, 0.4) is 0 Å². The van der Waals surface area contributed by atoms with E-state index in [0.29, 0.717) is 12.1 Å². The lowest BCUT2D eigenvalue weighted by Gasteiger charge is -2.10. The van der Waals surface area contributed by atoms with Gasteiger partial charge in [0.2, 0.25) is 0 Å². The Morgan fingerprint density at radius 1 is 1.05 bits per heavy atom. The summed E-state index contributed by atoms with van der Waals surface area (Å²) in [6, 6.07) is 15.6. The van der Waals surface area contributed by atoms with Gasteiger partial charge in [-0.05, 0) is 46.4 Å². The number of carbonyl (C=O) groups is 2. The zero-order valence-electron chi connectivity index (χ0n) is 19.3. The molecule has 0 aliphatic rings. The smallest absolute Gasteiger partial charge is 0.302 e. The average Bonchev–Trinajstić information content (AvgIpc) is 3.32. The number of nitrogen functional groups attached to an aromatic ring is 1. The number of aliphatic imine (C=N–C) groups is 1. The minimum Gasteiger partial charge on any atom is -0.382 e. The number of nitrogens with two attached hydrogens (primary N) is 2. The van der Waals surface area contributed by atoms with Crippen molar-refractivity contribution >= 4 is 85.0 Å². The van der Waals surface area contributed by atoms with E-state index in [9.17, 15) is 9.59 Å². The number of rotatable bonds is 8. The molecule has 37 heavy (non-hydrogen) atoms. The molecule has 0 saturated carbocycles. The van der Waals surface area contributed by atoms with Crippen LogP contribution in [0.2, 0.25) is 5.15 Å². The van der Waals surface area contributed by atoms with Crippen LogP contribution in [-0.2, 0) is 6.54 Å². The first-order chi connectivity index (χ1) is 17.8. The molecule has 0 aliphatic heterocycles. The number of amides is 2. The molecule has 190 valence electrons. The predicted octanol–water partition coefficient (Wildman–Crippen LogP) is 3.62. The van der Waals surface area contributed by atoms with E-state index in [-0.39, 0.29) is 47.4 Å². The number of guanidine groups is 1. The molecule has 2 heterocycles. The third-order valence-electron chi connectivity index (χ3n) is 5.12. The number of nitrogens with zero attached hydrogens (tertiary/aromatic N) is 3. The molecule has 2 amide bonds. The molecule has 4 aromatic rings. The summed E-state index contributed by atoms with van der Waals surface area (Å²) in [6.45, 7) is 0.966. The van der Waals surface area contributed by atoms with Crippen molar-refractivity contribution < 1.29 is 9.59 Å². The largest absolute Gasteiger partial charge is 0.382 e. The molecule has 2 aromatic carbocycles. The van der Waals surface area contributed by atoms with Crippen molar-refractivity contribution in [2.24, 2.45) is 10.7 Å². The number of aromatic nitrogens is 2. The van der Waals surface area contributed by atoms with Gasteiger partial charge in [-0.1, -0.05) is 41.9 Å². The second-order valence-electron chi connectivity index (χ2n) is 7.71. The molecule has 0 fully saturated rings. The molecule has 4 rings (SSSR count). The Balaban J connectivity index is 1.29. The van der Waals surface area contributed by atoms with Gasteiger partial charge in [0.05, 0.1) is 5.56 Å². The summed E-state index contributed by atoms with van der Waals surface area (Å²) >= 11 is 9.94. The summed E-state index contributed by atoms with van der Waals surface area (Å²) in [7, 11) is 0. The number of hydrogen-bond donors (Lipinski definition) is 5. The monoisotopic (exact) mass is 648 g/mol. The van der Waals surface area contributed by atoms with Gasteiger partial charge in [0.25, 0.3) is 5.91 Å². The maximum atomic E-state index is 12.5. The van der Waals surface area contributed by atoms with Gasteiger partial charge in [-0.15, -0.1) is 11.3 Å². The first-order valence-corrected chi connectivity index (χ1v) is 13.3. The Kier molecular flexibility index (Phi) is 8.74. The Labute approximate surface area is 235 Å². The average molecular weight is 649 g/mol. The summed E-state index contributed by atoms with van der Waals surface area (Å²) in [4.78, 5) is 37.0. The maximum Gasteiger partial charge on any atom is 0.302 e. The Hall–Kier alpha value is -3.49. The van der Waals surface area contributed by atoms with Crippen LogP contribution in [0.15, 0.2) is 58.9 Å². The van der Waals surface area contributed by atoms with Crippen molar-refractivity contribution in [2.45, 2.75) is 6.54 Å². The van der Waals surface area contributed by atoms with Crippen LogP contribution in [0.25, 0.3) is 10.1 Å². The lowest BCUT2D eigenvalue weighted by atomic mass is 10.2. The van der Waals surface area contributed by atoms with Crippen molar-refractivity contribution in [3.05, 3.63) is 79.5 Å². The molecule has 2 aromatic heterocycles. The number of hydrogen-bond acceptors (Lipinski definition) is 7. The standard InChI is InChI=1S/C24H22ClIN8O2S/c25-19-21(31-11-13-5-7-14(26)8-6-13)33-20(27)18(32-19)23(36)34-24(28)30-10-9-29-22(35)16-12-37-17-4-2-1-3-15(16)17/h1-8,12H,9-11H2,(H,29,35)(H3,27,31,33)(H3,28,30,34,36). The van der Waals surface area contributed by atoms with Crippen molar-refractivity contribution in [1.82, 2.24) is 20.6 Å². The highest BCUT2D eigenvalue weighted by Gasteiger charge is 2.17. The van der Waals surface area contributed by atoms with Gasteiger partial charge in [0, 0.05) is 38.7 Å². The molecule has 0 spiro atoms. The molecule has 10 nitrogen and oxygen atoms in total. The minimum atomic E-state index is -0.796. The maximum absolute atomic E-state index is 12.5. The summed E-state index contributed by atoms with van der Waals surface area (Å²) in [5.41, 5.74) is 13.1. The summed E-state index contributed by atoms with van der Waals surface area (Å²) in [5, 5.41) is 11.3. The Morgan fingerprint density at radius 3 is 2.57 bits per heavy atom. The van der Waals surface area contributed by atoms with E-state index in [0.717, 1.165) is 19.2 Å². The molecule has 7 N–H and O–H groups in total. The van der Waals surface area contributed by atoms with E-state index in [4.69, 9.17) is 23.1 Å². The first-order valence-electron chi connectivity index (χ1n) is 11.0. The zero-order chi connectivity index (χ0) is 26.4. The van der Waals surface area contributed by atoms with E-state index < -0.39 is 5.91 Å². The first kappa shape index (κ1) is 26.6. The van der Waals surface area contributed by atoms with Crippen LogP contribution in [0.5, 0.6) is 0 Å². The third kappa shape index (κ3) is 6.84. The predicted molar refractivity (Wildman–Crippen MR) is 156 cm³/mol. The van der Waals surface area contributed by atoms with E-state index in [1.54, 1.807) is 0 Å². The van der Waals surface area contributed by atoms with Gasteiger partial charge in [0.15, 0.2) is 28.4 Å². The van der Waals surface area contributed by atoms with Crippen molar-refractivity contribution in [3.63, 3.8) is 0 Å². The van der Waals surface area contributed by atoms with Gasteiger partial charge in [-0.2, -0.15) is 4.99 Å². The molecule has 13 heteroatoms. The number of halogens is 2. The van der Waals surface area contributed by atoms with Crippen LogP contribution in [-0.4, -0.2) is 40.8 Å². The second-order valence-corrected chi connectivity index (χ2v) is 10.2. The van der Waals surface area contributed by atoms with E-state index in [1.165, 1.54) is 11.3 Å². The number of carbonyl (C=O) groups excluding carboxylic acids is 2. The highest BCUT2D eigenvalue weighted by atomic mass is 127. The highest BCUT2D eigenvalue weighted by molar-refractivity contribution is 14.1. The fourth-order valence-electron chi connectivity index (χ4n) is 3.30. The van der Waals surface area contributed by atoms with Gasteiger partial charge in [-0.3, -0.25) is 9.59 Å². The fourth-order valence-corrected chi connectivity index (χ4v) is 4.80. The quantitative estimate of drug-likeness (QED) is 0.0838. The molecule has 0 radical (unpaired) electrons. The van der Waals surface area contributed by atoms with Crippen LogP contribution < -0.4 is 27.4 Å². The number of benzene rings is 2. The minimum absolute atomic E-state index is 0.0199. The van der Waals surface area contributed by atoms with Crippen molar-refractivity contribution in [1.29, 1.82) is 0 Å². The van der Waals surface area contributed by atoms with Gasteiger partial charge in [0.1, 0.15) is 0 Å². The van der Waals surface area contributed by atoms with E-state index >= 15 is 0 Å². The van der Waals surface area contributed by atoms with Crippen LogP contribution in [0.1, 0.15) is 26.4 Å². The molecule has 0 aliphatic carbocycles. The van der Waals surface area contributed by atoms with Gasteiger partial charge >= 0.3 is 5.91 Å². The van der Waals surface area contributed by atoms with E-state index in [1.807, 2.05) is 53.9 Å². The third-order valence-corrected chi connectivity index (χ3v) is 7.07. The SMILES string of the molecule is N/C(=N\C(=O)c1nc(Cl)c(NCc2ccc(I)cc2)nc1N)NCCNC(=O)c1csc2ccccc12. The number of fused-ring (bicyclic) bond motifs is 1. The van der Waals surface area contributed by atoms with Gasteiger partial charge < -0.3 is 27.4 Å². The van der Waals surface area contributed by atoms with Gasteiger partial charge in [-0.25, -0.2) is 9.97 Å². The summed E-state index contributed by atoms with van der Waals surface area (Å²) in [5.74, 6) is -1.03. The number of thiophene rings is 1. The Morgan fingerprint density at radius 2 is 1.78 bits per heavy atom. The second kappa shape index (κ2) is 12.2. The molecule has 0 saturated heterocycles. The van der Waals surface area contributed by atoms with Crippen LogP contribution in [0, 0.1) is 3.57 Å². The fraction of sp³-hybridized carbons (Fsp3) is 0.125. The number of nitrogens with one attached hydrogen (secondary N) is 3. The normalized spacial score (nSPS) is 11.4. The molecule has 0 bridgehead atoms. The summed E-state index contributed by atoms with van der Waals surface area (Å²) in [6.07, 6.45) is 0. The molecular weight excluding hydrogens is 627 g/mol. The lowest BCUT2D eigenvalue weighted by Crippen LogP contribution is -2.38. The van der Waals surface area contributed by atoms with E-state index in [2.05, 4.69) is 53.5 Å². The van der Waals surface area contributed by atoms with Crippen LogP contribution in [0.4, 0.5) is 11.6 Å². The summed E-state index contributed by atoms with van der Waals surface area (Å²) < 4.78 is 2.16. The van der Waals surface area contributed by atoms with Crippen LogP contribution >= 0.6 is 45.5 Å².